The molecule has 2 heteroatoms. The zero-order chi connectivity index (χ0) is 22.8. The Morgan fingerprint density at radius 2 is 1.85 bits per heavy atom. The molecule has 1 aromatic rings. The van der Waals surface area contributed by atoms with Crippen molar-refractivity contribution in [3.63, 3.8) is 0 Å². The second-order valence-electron chi connectivity index (χ2n) is 13.2. The molecular formula is C31H44O2. The average molecular weight is 449 g/mol. The lowest BCUT2D eigenvalue weighted by Crippen LogP contribution is -2.64. The number of rotatable bonds is 5. The highest BCUT2D eigenvalue weighted by molar-refractivity contribution is 5.32. The average Bonchev–Trinajstić information content (AvgIpc) is 3.31. The van der Waals surface area contributed by atoms with Crippen molar-refractivity contribution in [2.45, 2.75) is 72.8 Å². The monoisotopic (exact) mass is 448 g/mol. The lowest BCUT2D eigenvalue weighted by Gasteiger charge is -2.69. The van der Waals surface area contributed by atoms with Crippen LogP contribution >= 0.6 is 0 Å². The molecule has 8 atom stereocenters. The second kappa shape index (κ2) is 7.95. The van der Waals surface area contributed by atoms with Gasteiger partial charge in [0.05, 0.1) is 26.4 Å². The van der Waals surface area contributed by atoms with E-state index in [-0.39, 0.29) is 0 Å². The van der Waals surface area contributed by atoms with E-state index in [1.807, 2.05) is 0 Å². The van der Waals surface area contributed by atoms with E-state index in [0.717, 1.165) is 56.0 Å². The summed E-state index contributed by atoms with van der Waals surface area (Å²) in [5, 5.41) is 0. The lowest BCUT2D eigenvalue weighted by molar-refractivity contribution is -0.187. The standard InChI is InChI=1S/C31H44O2/c1-21(2)24-16-31-14-11-27-29(3,20-33-17-22-9-6-5-7-10-22)12-8-13-30(27,4)28(31)15-23(24)25-18-32-19-26(25)31/h5-7,9-10,16,21,23,25-28H,8,11-15,17-20H2,1-4H3/t23-,25+,26+,27-,28+,29-,30-,31+/m0/s1. The van der Waals surface area contributed by atoms with E-state index in [2.05, 4.69) is 64.1 Å². The quantitative estimate of drug-likeness (QED) is 0.440. The van der Waals surface area contributed by atoms with E-state index in [1.165, 1.54) is 44.1 Å². The van der Waals surface area contributed by atoms with Crippen LogP contribution in [0.1, 0.15) is 71.8 Å². The Bertz CT molecular complexity index is 905. The number of ether oxygens (including phenoxy) is 2. The summed E-state index contributed by atoms with van der Waals surface area (Å²) >= 11 is 0. The Kier molecular flexibility index (Phi) is 5.39. The molecule has 2 bridgehead atoms. The molecule has 1 saturated heterocycles. The summed E-state index contributed by atoms with van der Waals surface area (Å²) in [7, 11) is 0. The fourth-order valence-electron chi connectivity index (χ4n) is 10.0. The summed E-state index contributed by atoms with van der Waals surface area (Å²) in [5.41, 5.74) is 4.21. The third-order valence-electron chi connectivity index (χ3n) is 11.3. The van der Waals surface area contributed by atoms with Crippen molar-refractivity contribution in [2.24, 2.45) is 51.8 Å². The Morgan fingerprint density at radius 3 is 2.64 bits per heavy atom. The molecule has 0 amide bonds. The molecule has 1 aliphatic heterocycles. The smallest absolute Gasteiger partial charge is 0.0717 e. The van der Waals surface area contributed by atoms with Crippen LogP contribution in [-0.2, 0) is 16.1 Å². The van der Waals surface area contributed by atoms with E-state index < -0.39 is 0 Å². The van der Waals surface area contributed by atoms with Crippen molar-refractivity contribution in [2.75, 3.05) is 19.8 Å². The van der Waals surface area contributed by atoms with Gasteiger partial charge in [-0.05, 0) is 89.4 Å². The van der Waals surface area contributed by atoms with E-state index in [0.29, 0.717) is 22.2 Å². The Balaban J connectivity index is 1.28. The third-order valence-corrected chi connectivity index (χ3v) is 11.3. The van der Waals surface area contributed by atoms with Crippen molar-refractivity contribution in [1.82, 2.24) is 0 Å². The predicted octanol–water partition coefficient (Wildman–Crippen LogP) is 7.29. The van der Waals surface area contributed by atoms with Crippen molar-refractivity contribution in [3.8, 4) is 0 Å². The number of hydrogen-bond donors (Lipinski definition) is 0. The molecule has 0 unspecified atom stereocenters. The summed E-state index contributed by atoms with van der Waals surface area (Å²) < 4.78 is 12.6. The SMILES string of the molecule is CC(C)C1=C[C@@]23CC[C@H]4[C@](C)(COCc5ccccc5)CCC[C@]4(C)[C@H]2C[C@@H]1[C@H]1COC[C@H]13. The van der Waals surface area contributed by atoms with Gasteiger partial charge < -0.3 is 9.47 Å². The van der Waals surface area contributed by atoms with Gasteiger partial charge in [-0.15, -0.1) is 0 Å². The highest BCUT2D eigenvalue weighted by Crippen LogP contribution is 2.74. The maximum atomic E-state index is 6.44. The molecule has 5 aliphatic carbocycles. The minimum atomic E-state index is 0.302. The summed E-state index contributed by atoms with van der Waals surface area (Å²) in [4.78, 5) is 0. The highest BCUT2D eigenvalue weighted by atomic mass is 16.5. The van der Waals surface area contributed by atoms with Crippen LogP contribution in [0.25, 0.3) is 0 Å². The topological polar surface area (TPSA) is 18.5 Å². The lowest BCUT2D eigenvalue weighted by atomic mass is 9.35. The van der Waals surface area contributed by atoms with Gasteiger partial charge in [-0.1, -0.05) is 76.1 Å². The number of allylic oxidation sites excluding steroid dienone is 2. The van der Waals surface area contributed by atoms with Crippen LogP contribution in [-0.4, -0.2) is 19.8 Å². The summed E-state index contributed by atoms with van der Waals surface area (Å²) in [5.74, 6) is 4.61. The van der Waals surface area contributed by atoms with Gasteiger partial charge in [0.25, 0.3) is 0 Å². The predicted molar refractivity (Wildman–Crippen MR) is 134 cm³/mol. The van der Waals surface area contributed by atoms with Gasteiger partial charge in [-0.2, -0.15) is 0 Å². The van der Waals surface area contributed by atoms with Crippen LogP contribution in [0.2, 0.25) is 0 Å². The molecule has 1 aromatic carbocycles. The third kappa shape index (κ3) is 3.26. The Morgan fingerprint density at radius 1 is 1.03 bits per heavy atom. The summed E-state index contributed by atoms with van der Waals surface area (Å²) in [6.07, 6.45) is 11.1. The van der Waals surface area contributed by atoms with Crippen LogP contribution in [0.3, 0.4) is 0 Å². The molecule has 1 spiro atoms. The van der Waals surface area contributed by atoms with Gasteiger partial charge in [0, 0.05) is 0 Å². The first-order valence-electron chi connectivity index (χ1n) is 13.8. The maximum absolute atomic E-state index is 6.44. The van der Waals surface area contributed by atoms with E-state index in [1.54, 1.807) is 5.57 Å². The zero-order valence-corrected chi connectivity index (χ0v) is 21.3. The van der Waals surface area contributed by atoms with Gasteiger partial charge in [0.2, 0.25) is 0 Å². The van der Waals surface area contributed by atoms with Crippen LogP contribution in [0.15, 0.2) is 42.0 Å². The molecule has 1 heterocycles. The van der Waals surface area contributed by atoms with Crippen molar-refractivity contribution in [3.05, 3.63) is 47.5 Å². The molecule has 3 saturated carbocycles. The van der Waals surface area contributed by atoms with E-state index >= 15 is 0 Å². The van der Waals surface area contributed by atoms with Crippen LogP contribution in [0.4, 0.5) is 0 Å². The van der Waals surface area contributed by atoms with Crippen molar-refractivity contribution < 1.29 is 9.47 Å². The Hall–Kier alpha value is -1.12. The van der Waals surface area contributed by atoms with E-state index in [9.17, 15) is 0 Å². The van der Waals surface area contributed by atoms with Gasteiger partial charge in [0.15, 0.2) is 0 Å². The van der Waals surface area contributed by atoms with Gasteiger partial charge in [-0.3, -0.25) is 0 Å². The van der Waals surface area contributed by atoms with Crippen molar-refractivity contribution >= 4 is 0 Å². The first-order valence-corrected chi connectivity index (χ1v) is 13.8. The first kappa shape index (κ1) is 22.4. The Labute approximate surface area is 201 Å². The molecule has 0 aromatic heterocycles. The van der Waals surface area contributed by atoms with Crippen LogP contribution in [0, 0.1) is 51.8 Å². The number of benzene rings is 1. The molecule has 4 fully saturated rings. The molecule has 2 nitrogen and oxygen atoms in total. The fraction of sp³-hybridized carbons (Fsp3) is 0.742. The normalized spacial score (nSPS) is 46.0. The molecule has 0 N–H and O–H groups in total. The number of hydrogen-bond acceptors (Lipinski definition) is 2. The molecule has 33 heavy (non-hydrogen) atoms. The molecule has 6 aliphatic rings. The van der Waals surface area contributed by atoms with Gasteiger partial charge in [-0.25, -0.2) is 0 Å². The second-order valence-corrected chi connectivity index (χ2v) is 13.2. The largest absolute Gasteiger partial charge is 0.381 e. The fourth-order valence-corrected chi connectivity index (χ4v) is 10.0. The van der Waals surface area contributed by atoms with Crippen LogP contribution in [0.5, 0.6) is 0 Å². The van der Waals surface area contributed by atoms with Crippen molar-refractivity contribution in [1.29, 1.82) is 0 Å². The van der Waals surface area contributed by atoms with Gasteiger partial charge >= 0.3 is 0 Å². The molecule has 7 rings (SSSR count). The summed E-state index contributed by atoms with van der Waals surface area (Å²) in [6, 6.07) is 10.7. The van der Waals surface area contributed by atoms with Gasteiger partial charge in [0.1, 0.15) is 0 Å². The summed E-state index contributed by atoms with van der Waals surface area (Å²) in [6.45, 7) is 13.8. The molecule has 180 valence electrons. The van der Waals surface area contributed by atoms with Crippen LogP contribution < -0.4 is 0 Å². The minimum absolute atomic E-state index is 0.302. The maximum Gasteiger partial charge on any atom is 0.0717 e. The minimum Gasteiger partial charge on any atom is -0.381 e. The molecular weight excluding hydrogens is 404 g/mol. The molecule has 0 radical (unpaired) electrons. The number of fused-ring (bicyclic) bond motifs is 1. The highest BCUT2D eigenvalue weighted by Gasteiger charge is 2.68. The van der Waals surface area contributed by atoms with E-state index in [4.69, 9.17) is 9.47 Å². The zero-order valence-electron chi connectivity index (χ0n) is 21.3. The first-order chi connectivity index (χ1) is 15.9.